The number of benzene rings is 1. The van der Waals surface area contributed by atoms with Gasteiger partial charge in [0.1, 0.15) is 0 Å². The van der Waals surface area contributed by atoms with E-state index in [2.05, 4.69) is 27.0 Å². The van der Waals surface area contributed by atoms with E-state index in [-0.39, 0.29) is 5.56 Å². The minimum Gasteiger partial charge on any atom is -0.328 e. The van der Waals surface area contributed by atoms with Crippen LogP contribution in [0.1, 0.15) is 30.9 Å². The molecule has 1 aliphatic rings. The number of halogens is 1. The van der Waals surface area contributed by atoms with Gasteiger partial charge in [0.05, 0.1) is 16.6 Å². The summed E-state index contributed by atoms with van der Waals surface area (Å²) in [6, 6.07) is 8.01. The minimum absolute atomic E-state index is 0.0711. The van der Waals surface area contributed by atoms with Crippen LogP contribution in [0.2, 0.25) is 0 Å². The zero-order valence-corrected chi connectivity index (χ0v) is 12.4. The van der Waals surface area contributed by atoms with E-state index in [4.69, 9.17) is 4.98 Å². The normalized spacial score (nSPS) is 15.7. The van der Waals surface area contributed by atoms with E-state index < -0.39 is 0 Å². The van der Waals surface area contributed by atoms with Crippen molar-refractivity contribution in [2.75, 3.05) is 0 Å². The number of hydrogen-bond donors (Lipinski definition) is 1. The van der Waals surface area contributed by atoms with E-state index in [1.807, 2.05) is 18.2 Å². The lowest BCUT2D eigenvalue weighted by molar-refractivity contribution is 0.415. The molecule has 20 heavy (non-hydrogen) atoms. The Hall–Kier alpha value is -1.68. The Morgan fingerprint density at radius 2 is 2.05 bits per heavy atom. The molecule has 2 heterocycles. The molecule has 0 aliphatic heterocycles. The quantitative estimate of drug-likeness (QED) is 0.683. The molecule has 1 N–H and O–H groups in total. The van der Waals surface area contributed by atoms with Crippen LogP contribution in [0.15, 0.2) is 39.7 Å². The summed E-state index contributed by atoms with van der Waals surface area (Å²) < 4.78 is 0.986. The maximum absolute atomic E-state index is 12.2. The Labute approximate surface area is 124 Å². The van der Waals surface area contributed by atoms with Crippen molar-refractivity contribution < 1.29 is 0 Å². The number of pyridine rings is 2. The first kappa shape index (κ1) is 12.1. The molecule has 0 atom stereocenters. The Balaban J connectivity index is 2.20. The fourth-order valence-electron chi connectivity index (χ4n) is 2.95. The molecule has 0 spiro atoms. The number of nitrogens with one attached hydrogen (secondary N) is 1. The third-order valence-electron chi connectivity index (χ3n) is 4.20. The summed E-state index contributed by atoms with van der Waals surface area (Å²) in [5.74, 6) is 0.544. The molecular formula is C16H13BrN2O. The molecule has 4 heteroatoms. The number of hydrogen-bond acceptors (Lipinski definition) is 2. The Morgan fingerprint density at radius 3 is 2.80 bits per heavy atom. The lowest BCUT2D eigenvalue weighted by atomic mass is 9.81. The fourth-order valence-corrected chi connectivity index (χ4v) is 3.31. The van der Waals surface area contributed by atoms with E-state index in [1.54, 1.807) is 6.20 Å². The molecular weight excluding hydrogens is 316 g/mol. The van der Waals surface area contributed by atoms with Gasteiger partial charge in [-0.2, -0.15) is 0 Å². The van der Waals surface area contributed by atoms with Gasteiger partial charge in [-0.1, -0.05) is 28.4 Å². The highest BCUT2D eigenvalue weighted by atomic mass is 79.9. The summed E-state index contributed by atoms with van der Waals surface area (Å²) in [4.78, 5) is 19.7. The van der Waals surface area contributed by atoms with E-state index >= 15 is 0 Å². The fraction of sp³-hybridized carbons (Fsp3) is 0.250. The van der Waals surface area contributed by atoms with Crippen LogP contribution in [0.5, 0.6) is 0 Å². The van der Waals surface area contributed by atoms with Crippen LogP contribution in [-0.2, 0) is 0 Å². The van der Waals surface area contributed by atoms with Gasteiger partial charge >= 0.3 is 0 Å². The smallest absolute Gasteiger partial charge is 0.258 e. The van der Waals surface area contributed by atoms with Crippen molar-refractivity contribution in [2.24, 2.45) is 0 Å². The number of rotatable bonds is 1. The highest BCUT2D eigenvalue weighted by Crippen LogP contribution is 2.40. The van der Waals surface area contributed by atoms with Gasteiger partial charge in [-0.25, -0.2) is 0 Å². The topological polar surface area (TPSA) is 45.8 Å². The summed E-state index contributed by atoms with van der Waals surface area (Å²) in [5.41, 5.74) is 1.87. The van der Waals surface area contributed by atoms with Gasteiger partial charge in [0, 0.05) is 22.0 Å². The summed E-state index contributed by atoms with van der Waals surface area (Å²) >= 11 is 3.50. The van der Waals surface area contributed by atoms with E-state index in [0.717, 1.165) is 26.5 Å². The van der Waals surface area contributed by atoms with Gasteiger partial charge in [0.25, 0.3) is 5.56 Å². The van der Waals surface area contributed by atoms with Gasteiger partial charge < -0.3 is 4.98 Å². The number of fused-ring (bicyclic) bond motifs is 3. The Kier molecular flexibility index (Phi) is 2.67. The number of aromatic nitrogens is 2. The average Bonchev–Trinajstić information content (AvgIpc) is 2.36. The number of aromatic amines is 1. The third kappa shape index (κ3) is 1.71. The monoisotopic (exact) mass is 328 g/mol. The van der Waals surface area contributed by atoms with Crippen LogP contribution in [0, 0.1) is 0 Å². The van der Waals surface area contributed by atoms with Gasteiger partial charge in [0.15, 0.2) is 0 Å². The summed E-state index contributed by atoms with van der Waals surface area (Å²) in [6.45, 7) is 0. The largest absolute Gasteiger partial charge is 0.328 e. The second kappa shape index (κ2) is 4.42. The van der Waals surface area contributed by atoms with Gasteiger partial charge in [-0.3, -0.25) is 9.78 Å². The molecule has 2 aromatic heterocycles. The van der Waals surface area contributed by atoms with Crippen molar-refractivity contribution in [2.45, 2.75) is 25.2 Å². The lowest BCUT2D eigenvalue weighted by Crippen LogP contribution is -2.13. The molecule has 100 valence electrons. The van der Waals surface area contributed by atoms with Crippen LogP contribution in [-0.4, -0.2) is 9.97 Å². The van der Waals surface area contributed by atoms with Gasteiger partial charge in [-0.15, -0.1) is 0 Å². The summed E-state index contributed by atoms with van der Waals surface area (Å²) in [5, 5.41) is 2.79. The molecule has 1 fully saturated rings. The molecule has 1 aliphatic carbocycles. The van der Waals surface area contributed by atoms with Crippen LogP contribution < -0.4 is 5.56 Å². The SMILES string of the molecule is O=c1[nH]ccc2nc(C3CCC3)c3ccc(Br)cc3c12. The van der Waals surface area contributed by atoms with Crippen LogP contribution in [0.4, 0.5) is 0 Å². The molecule has 0 radical (unpaired) electrons. The maximum atomic E-state index is 12.2. The molecule has 0 bridgehead atoms. The second-order valence-corrected chi connectivity index (χ2v) is 6.30. The lowest BCUT2D eigenvalue weighted by Gasteiger charge is -2.26. The predicted molar refractivity (Wildman–Crippen MR) is 84.2 cm³/mol. The molecule has 4 rings (SSSR count). The summed E-state index contributed by atoms with van der Waals surface area (Å²) in [6.07, 6.45) is 5.35. The van der Waals surface area contributed by atoms with E-state index in [1.165, 1.54) is 19.3 Å². The predicted octanol–water partition coefficient (Wildman–Crippen LogP) is 4.11. The molecule has 3 aromatic rings. The van der Waals surface area contributed by atoms with Crippen molar-refractivity contribution in [3.8, 4) is 0 Å². The van der Waals surface area contributed by atoms with Crippen molar-refractivity contribution in [1.82, 2.24) is 9.97 Å². The highest BCUT2D eigenvalue weighted by molar-refractivity contribution is 9.10. The van der Waals surface area contributed by atoms with Crippen LogP contribution >= 0.6 is 15.9 Å². The first-order chi connectivity index (χ1) is 9.74. The Bertz CT molecular complexity index is 881. The number of nitrogens with zero attached hydrogens (tertiary/aromatic N) is 1. The molecule has 3 nitrogen and oxygen atoms in total. The average molecular weight is 329 g/mol. The maximum Gasteiger partial charge on any atom is 0.258 e. The molecule has 1 saturated carbocycles. The highest BCUT2D eigenvalue weighted by Gasteiger charge is 2.24. The van der Waals surface area contributed by atoms with E-state index in [9.17, 15) is 4.79 Å². The zero-order chi connectivity index (χ0) is 13.7. The van der Waals surface area contributed by atoms with Crippen molar-refractivity contribution in [1.29, 1.82) is 0 Å². The van der Waals surface area contributed by atoms with Crippen molar-refractivity contribution in [3.63, 3.8) is 0 Å². The van der Waals surface area contributed by atoms with Gasteiger partial charge in [0.2, 0.25) is 0 Å². The Morgan fingerprint density at radius 1 is 1.20 bits per heavy atom. The van der Waals surface area contributed by atoms with Crippen LogP contribution in [0.3, 0.4) is 0 Å². The number of H-pyrrole nitrogens is 1. The molecule has 0 amide bonds. The first-order valence-electron chi connectivity index (χ1n) is 6.84. The van der Waals surface area contributed by atoms with Crippen LogP contribution in [0.25, 0.3) is 21.7 Å². The molecule has 0 saturated heterocycles. The van der Waals surface area contributed by atoms with Crippen molar-refractivity contribution >= 4 is 37.6 Å². The first-order valence-corrected chi connectivity index (χ1v) is 7.64. The summed E-state index contributed by atoms with van der Waals surface area (Å²) in [7, 11) is 0. The third-order valence-corrected chi connectivity index (χ3v) is 4.69. The van der Waals surface area contributed by atoms with E-state index in [0.29, 0.717) is 11.3 Å². The molecule has 0 unspecified atom stereocenters. The minimum atomic E-state index is -0.0711. The van der Waals surface area contributed by atoms with Crippen molar-refractivity contribution in [3.05, 3.63) is 51.0 Å². The molecule has 1 aromatic carbocycles. The second-order valence-electron chi connectivity index (χ2n) is 5.38. The zero-order valence-electron chi connectivity index (χ0n) is 10.8. The van der Waals surface area contributed by atoms with Gasteiger partial charge in [-0.05, 0) is 36.4 Å². The standard InChI is InChI=1S/C16H13BrN2O/c17-10-4-5-11-12(8-10)14-13(6-7-18-16(14)20)19-15(11)9-2-1-3-9/h4-9H,1-3H2,(H,18,20).